The second-order valence-electron chi connectivity index (χ2n) is 4.38. The van der Waals surface area contributed by atoms with Crippen LogP contribution in [0.1, 0.15) is 6.92 Å². The highest BCUT2D eigenvalue weighted by Gasteiger charge is 2.23. The van der Waals surface area contributed by atoms with Crippen molar-refractivity contribution in [3.63, 3.8) is 0 Å². The molecule has 1 aliphatic heterocycles. The Morgan fingerprint density at radius 3 is 3.00 bits per heavy atom. The molecule has 98 valence electrons. The highest BCUT2D eigenvalue weighted by atomic mass is 16.5. The quantitative estimate of drug-likeness (QED) is 0.835. The van der Waals surface area contributed by atoms with Crippen LogP contribution in [0.2, 0.25) is 0 Å². The molecule has 0 aliphatic carbocycles. The van der Waals surface area contributed by atoms with E-state index in [1.807, 2.05) is 36.1 Å². The number of hydrogen-bond acceptors (Lipinski definition) is 3. The molecular formula is C13H19N3O2. The predicted molar refractivity (Wildman–Crippen MR) is 71.1 cm³/mol. The summed E-state index contributed by atoms with van der Waals surface area (Å²) >= 11 is 0. The van der Waals surface area contributed by atoms with Crippen molar-refractivity contribution in [2.24, 2.45) is 0 Å². The monoisotopic (exact) mass is 249 g/mol. The molecule has 1 aromatic carbocycles. The lowest BCUT2D eigenvalue weighted by molar-refractivity contribution is 0.177. The Balaban J connectivity index is 2.06. The average molecular weight is 249 g/mol. The highest BCUT2D eigenvalue weighted by Crippen LogP contribution is 2.23. The van der Waals surface area contributed by atoms with Crippen LogP contribution in [0.5, 0.6) is 5.75 Å². The Hall–Kier alpha value is -1.75. The number of piperazine rings is 1. The van der Waals surface area contributed by atoms with E-state index >= 15 is 0 Å². The van der Waals surface area contributed by atoms with E-state index in [1.54, 1.807) is 7.11 Å². The van der Waals surface area contributed by atoms with E-state index < -0.39 is 0 Å². The molecule has 0 saturated carbocycles. The smallest absolute Gasteiger partial charge is 0.322 e. The summed E-state index contributed by atoms with van der Waals surface area (Å²) in [7, 11) is 1.60. The van der Waals surface area contributed by atoms with Crippen molar-refractivity contribution in [1.82, 2.24) is 10.2 Å². The highest BCUT2D eigenvalue weighted by molar-refractivity contribution is 5.91. The molecule has 1 atom stereocenters. The maximum Gasteiger partial charge on any atom is 0.322 e. The molecule has 0 bridgehead atoms. The summed E-state index contributed by atoms with van der Waals surface area (Å²) in [5, 5.41) is 6.16. The van der Waals surface area contributed by atoms with E-state index in [4.69, 9.17) is 4.74 Å². The van der Waals surface area contributed by atoms with Gasteiger partial charge in [-0.25, -0.2) is 4.79 Å². The number of ether oxygens (including phenoxy) is 1. The number of hydrogen-bond donors (Lipinski definition) is 2. The fourth-order valence-corrected chi connectivity index (χ4v) is 2.08. The molecule has 1 aliphatic rings. The molecule has 1 unspecified atom stereocenters. The summed E-state index contributed by atoms with van der Waals surface area (Å²) in [5.41, 5.74) is 0.704. The van der Waals surface area contributed by atoms with Gasteiger partial charge in [0.2, 0.25) is 0 Å². The second-order valence-corrected chi connectivity index (χ2v) is 4.38. The summed E-state index contributed by atoms with van der Waals surface area (Å²) in [6.45, 7) is 4.43. The summed E-state index contributed by atoms with van der Waals surface area (Å²) in [6.07, 6.45) is 0. The van der Waals surface area contributed by atoms with Crippen LogP contribution in [0, 0.1) is 0 Å². The summed E-state index contributed by atoms with van der Waals surface area (Å²) < 4.78 is 5.21. The van der Waals surface area contributed by atoms with Crippen LogP contribution in [0.15, 0.2) is 24.3 Å². The van der Waals surface area contributed by atoms with Crippen LogP contribution < -0.4 is 15.4 Å². The third-order valence-corrected chi connectivity index (χ3v) is 3.11. The number of nitrogens with zero attached hydrogens (tertiary/aromatic N) is 1. The summed E-state index contributed by atoms with van der Waals surface area (Å²) in [4.78, 5) is 14.0. The van der Waals surface area contributed by atoms with Gasteiger partial charge >= 0.3 is 6.03 Å². The van der Waals surface area contributed by atoms with E-state index in [2.05, 4.69) is 10.6 Å². The van der Waals surface area contributed by atoms with Gasteiger partial charge < -0.3 is 20.3 Å². The number of anilines is 1. The number of amides is 2. The van der Waals surface area contributed by atoms with Gasteiger partial charge in [0.25, 0.3) is 0 Å². The van der Waals surface area contributed by atoms with E-state index in [-0.39, 0.29) is 12.1 Å². The minimum Gasteiger partial charge on any atom is -0.495 e. The Labute approximate surface area is 107 Å². The Kier molecular flexibility index (Phi) is 4.04. The van der Waals surface area contributed by atoms with Gasteiger partial charge in [-0.1, -0.05) is 12.1 Å². The zero-order valence-electron chi connectivity index (χ0n) is 10.8. The normalized spacial score (nSPS) is 19.4. The molecule has 0 radical (unpaired) electrons. The van der Waals surface area contributed by atoms with Crippen LogP contribution in [-0.2, 0) is 0 Å². The molecular weight excluding hydrogens is 230 g/mol. The van der Waals surface area contributed by atoms with Crippen molar-refractivity contribution in [2.45, 2.75) is 13.0 Å². The van der Waals surface area contributed by atoms with Gasteiger partial charge in [-0.2, -0.15) is 0 Å². The van der Waals surface area contributed by atoms with Gasteiger partial charge in [-0.3, -0.25) is 0 Å². The van der Waals surface area contributed by atoms with Gasteiger partial charge in [0.15, 0.2) is 0 Å². The first-order valence-electron chi connectivity index (χ1n) is 6.13. The minimum atomic E-state index is -0.0755. The number of benzene rings is 1. The van der Waals surface area contributed by atoms with Gasteiger partial charge in [0, 0.05) is 25.7 Å². The second kappa shape index (κ2) is 5.73. The van der Waals surface area contributed by atoms with Crippen molar-refractivity contribution in [2.75, 3.05) is 32.1 Å². The molecule has 0 spiro atoms. The largest absolute Gasteiger partial charge is 0.495 e. The van der Waals surface area contributed by atoms with Crippen LogP contribution in [0.4, 0.5) is 10.5 Å². The fraction of sp³-hybridized carbons (Fsp3) is 0.462. The molecule has 1 fully saturated rings. The third-order valence-electron chi connectivity index (χ3n) is 3.11. The zero-order chi connectivity index (χ0) is 13.0. The van der Waals surface area contributed by atoms with Gasteiger partial charge in [-0.05, 0) is 19.1 Å². The van der Waals surface area contributed by atoms with Crippen LogP contribution in [-0.4, -0.2) is 43.7 Å². The lowest BCUT2D eigenvalue weighted by Crippen LogP contribution is -2.53. The molecule has 1 saturated heterocycles. The predicted octanol–water partition coefficient (Wildman–Crippen LogP) is 1.52. The molecule has 5 nitrogen and oxygen atoms in total. The molecule has 5 heteroatoms. The summed E-state index contributed by atoms with van der Waals surface area (Å²) in [5.74, 6) is 0.675. The zero-order valence-corrected chi connectivity index (χ0v) is 10.8. The molecule has 2 rings (SSSR count). The molecule has 2 amide bonds. The maximum atomic E-state index is 12.2. The van der Waals surface area contributed by atoms with Crippen molar-refractivity contribution < 1.29 is 9.53 Å². The van der Waals surface area contributed by atoms with Crippen LogP contribution >= 0.6 is 0 Å². The van der Waals surface area contributed by atoms with Crippen molar-refractivity contribution in [3.8, 4) is 5.75 Å². The van der Waals surface area contributed by atoms with Crippen LogP contribution in [0.25, 0.3) is 0 Å². The number of carbonyl (C=O) groups excluding carboxylic acids is 1. The Bertz CT molecular complexity index is 422. The molecule has 1 heterocycles. The number of rotatable bonds is 2. The molecule has 2 N–H and O–H groups in total. The van der Waals surface area contributed by atoms with Crippen LogP contribution in [0.3, 0.4) is 0 Å². The maximum absolute atomic E-state index is 12.2. The lowest BCUT2D eigenvalue weighted by atomic mass is 10.2. The number of urea groups is 1. The average Bonchev–Trinajstić information content (AvgIpc) is 2.39. The lowest BCUT2D eigenvalue weighted by Gasteiger charge is -2.34. The summed E-state index contributed by atoms with van der Waals surface area (Å²) in [6, 6.07) is 7.55. The molecule has 18 heavy (non-hydrogen) atoms. The Morgan fingerprint density at radius 2 is 2.28 bits per heavy atom. The van der Waals surface area contributed by atoms with E-state index in [0.29, 0.717) is 11.4 Å². The Morgan fingerprint density at radius 1 is 1.50 bits per heavy atom. The number of methoxy groups -OCH3 is 1. The van der Waals surface area contributed by atoms with E-state index in [9.17, 15) is 4.79 Å². The first kappa shape index (κ1) is 12.7. The first-order chi connectivity index (χ1) is 8.72. The van der Waals surface area contributed by atoms with Gasteiger partial charge in [0.05, 0.1) is 12.8 Å². The standard InChI is InChI=1S/C13H19N3O2/c1-10-9-14-7-8-16(10)13(17)15-11-5-3-4-6-12(11)18-2/h3-6,10,14H,7-9H2,1-2H3,(H,15,17). The van der Waals surface area contributed by atoms with E-state index in [0.717, 1.165) is 19.6 Å². The van der Waals surface area contributed by atoms with Gasteiger partial charge in [-0.15, -0.1) is 0 Å². The van der Waals surface area contributed by atoms with Crippen molar-refractivity contribution in [1.29, 1.82) is 0 Å². The topological polar surface area (TPSA) is 53.6 Å². The number of para-hydroxylation sites is 2. The number of carbonyl (C=O) groups is 1. The first-order valence-corrected chi connectivity index (χ1v) is 6.13. The van der Waals surface area contributed by atoms with Crippen molar-refractivity contribution in [3.05, 3.63) is 24.3 Å². The van der Waals surface area contributed by atoms with Gasteiger partial charge in [0.1, 0.15) is 5.75 Å². The third kappa shape index (κ3) is 2.73. The molecule has 1 aromatic rings. The SMILES string of the molecule is COc1ccccc1NC(=O)N1CCNCC1C. The fourth-order valence-electron chi connectivity index (χ4n) is 2.08. The number of nitrogens with one attached hydrogen (secondary N) is 2. The minimum absolute atomic E-state index is 0.0755. The van der Waals surface area contributed by atoms with E-state index in [1.165, 1.54) is 0 Å². The molecule has 0 aromatic heterocycles. The van der Waals surface area contributed by atoms with Crippen molar-refractivity contribution >= 4 is 11.7 Å².